The van der Waals surface area contributed by atoms with Crippen molar-refractivity contribution in [2.75, 3.05) is 20.2 Å². The third-order valence-electron chi connectivity index (χ3n) is 7.02. The van der Waals surface area contributed by atoms with Gasteiger partial charge in [0.2, 0.25) is 0 Å². The van der Waals surface area contributed by atoms with E-state index in [4.69, 9.17) is 4.74 Å². The van der Waals surface area contributed by atoms with E-state index in [9.17, 15) is 13.6 Å². The summed E-state index contributed by atoms with van der Waals surface area (Å²) in [6, 6.07) is 14.8. The monoisotopic (exact) mass is 484 g/mol. The molecule has 0 radical (unpaired) electrons. The van der Waals surface area contributed by atoms with E-state index in [0.717, 1.165) is 43.4 Å². The molecule has 0 aromatic heterocycles. The third-order valence-corrected chi connectivity index (χ3v) is 7.02. The summed E-state index contributed by atoms with van der Waals surface area (Å²) in [4.78, 5) is 16.0. The van der Waals surface area contributed by atoms with Crippen molar-refractivity contribution in [3.05, 3.63) is 65.2 Å². The van der Waals surface area contributed by atoms with Crippen LogP contribution in [-0.4, -0.2) is 49.7 Å². The van der Waals surface area contributed by atoms with Crippen LogP contribution in [0.15, 0.2) is 54.1 Å². The highest BCUT2D eigenvalue weighted by atomic mass is 19.3. The van der Waals surface area contributed by atoms with Crippen molar-refractivity contribution in [1.82, 2.24) is 10.2 Å². The highest BCUT2D eigenvalue weighted by Crippen LogP contribution is 2.37. The van der Waals surface area contributed by atoms with Gasteiger partial charge in [-0.05, 0) is 68.8 Å². The van der Waals surface area contributed by atoms with Gasteiger partial charge in [0.05, 0.1) is 13.2 Å². The number of hydrogen-bond acceptors (Lipinski definition) is 4. The van der Waals surface area contributed by atoms with Crippen LogP contribution in [0.2, 0.25) is 0 Å². The van der Waals surface area contributed by atoms with Crippen LogP contribution < -0.4 is 14.8 Å². The SMILES string of the molecule is COc1cc(C(=O)N(CC(C)=Cc2ccccc2)C(C2CCC2)C2CCCN2)ccc1OC(F)F. The number of carbonyl (C=O) groups excluding carboxylic acids is 1. The molecule has 1 N–H and O–H groups in total. The second-order valence-corrected chi connectivity index (χ2v) is 9.46. The third kappa shape index (κ3) is 6.20. The molecule has 2 fully saturated rings. The average Bonchev–Trinajstić information content (AvgIpc) is 3.34. The Morgan fingerprint density at radius 3 is 2.49 bits per heavy atom. The summed E-state index contributed by atoms with van der Waals surface area (Å²) in [5.74, 6) is 0.353. The molecular formula is C28H34F2N2O3. The number of carbonyl (C=O) groups is 1. The Labute approximate surface area is 206 Å². The summed E-state index contributed by atoms with van der Waals surface area (Å²) in [5.41, 5.74) is 2.57. The van der Waals surface area contributed by atoms with Gasteiger partial charge >= 0.3 is 6.61 Å². The minimum absolute atomic E-state index is 0.0702. The van der Waals surface area contributed by atoms with Crippen LogP contribution in [-0.2, 0) is 0 Å². The molecule has 2 atom stereocenters. The van der Waals surface area contributed by atoms with Crippen LogP contribution >= 0.6 is 0 Å². The quantitative estimate of drug-likeness (QED) is 0.466. The molecule has 188 valence electrons. The van der Waals surface area contributed by atoms with Gasteiger partial charge in [-0.2, -0.15) is 8.78 Å². The van der Waals surface area contributed by atoms with Crippen LogP contribution in [0, 0.1) is 5.92 Å². The molecule has 2 aromatic rings. The van der Waals surface area contributed by atoms with Gasteiger partial charge in [-0.15, -0.1) is 0 Å². The summed E-state index contributed by atoms with van der Waals surface area (Å²) in [6.45, 7) is 0.532. The molecule has 1 saturated heterocycles. The molecule has 2 unspecified atom stereocenters. The minimum Gasteiger partial charge on any atom is -0.493 e. The predicted octanol–water partition coefficient (Wildman–Crippen LogP) is 5.76. The van der Waals surface area contributed by atoms with E-state index in [2.05, 4.69) is 16.1 Å². The van der Waals surface area contributed by atoms with Gasteiger partial charge in [0.1, 0.15) is 0 Å². The van der Waals surface area contributed by atoms with Crippen molar-refractivity contribution in [3.8, 4) is 11.5 Å². The number of hydrogen-bond donors (Lipinski definition) is 1. The molecule has 1 aliphatic carbocycles. The van der Waals surface area contributed by atoms with Crippen LogP contribution in [0.1, 0.15) is 54.9 Å². The van der Waals surface area contributed by atoms with Gasteiger partial charge in [0.15, 0.2) is 11.5 Å². The molecule has 1 saturated carbocycles. The number of nitrogens with zero attached hydrogens (tertiary/aromatic N) is 1. The smallest absolute Gasteiger partial charge is 0.387 e. The molecule has 0 spiro atoms. The second kappa shape index (κ2) is 11.7. The maximum atomic E-state index is 14.0. The summed E-state index contributed by atoms with van der Waals surface area (Å²) < 4.78 is 35.4. The number of amides is 1. The zero-order valence-electron chi connectivity index (χ0n) is 20.4. The largest absolute Gasteiger partial charge is 0.493 e. The Hall–Kier alpha value is -2.93. The fraction of sp³-hybridized carbons (Fsp3) is 0.464. The van der Waals surface area contributed by atoms with Gasteiger partial charge in [-0.25, -0.2) is 0 Å². The van der Waals surface area contributed by atoms with Gasteiger partial charge in [0, 0.05) is 18.2 Å². The highest BCUT2D eigenvalue weighted by Gasteiger charge is 2.40. The molecule has 5 nitrogen and oxygen atoms in total. The van der Waals surface area contributed by atoms with Crippen molar-refractivity contribution < 1.29 is 23.0 Å². The van der Waals surface area contributed by atoms with Crippen molar-refractivity contribution in [2.24, 2.45) is 5.92 Å². The first-order chi connectivity index (χ1) is 17.0. The van der Waals surface area contributed by atoms with Crippen molar-refractivity contribution in [2.45, 2.75) is 57.7 Å². The first kappa shape index (κ1) is 25.2. The number of ether oxygens (including phenoxy) is 2. The summed E-state index contributed by atoms with van der Waals surface area (Å²) in [5, 5.41) is 3.63. The summed E-state index contributed by atoms with van der Waals surface area (Å²) in [6.07, 6.45) is 7.65. The molecule has 0 bridgehead atoms. The van der Waals surface area contributed by atoms with Gasteiger partial charge in [-0.3, -0.25) is 4.79 Å². The average molecular weight is 485 g/mol. The number of halogens is 2. The predicted molar refractivity (Wildman–Crippen MR) is 133 cm³/mol. The molecule has 35 heavy (non-hydrogen) atoms. The number of benzene rings is 2. The molecule has 1 aliphatic heterocycles. The normalized spacial score (nSPS) is 19.3. The molecule has 2 aromatic carbocycles. The fourth-order valence-electron chi connectivity index (χ4n) is 5.21. The first-order valence-electron chi connectivity index (χ1n) is 12.4. The fourth-order valence-corrected chi connectivity index (χ4v) is 5.21. The molecule has 7 heteroatoms. The van der Waals surface area contributed by atoms with E-state index in [0.29, 0.717) is 18.0 Å². The lowest BCUT2D eigenvalue weighted by molar-refractivity contribution is -0.0512. The number of methoxy groups -OCH3 is 1. The maximum absolute atomic E-state index is 14.0. The molecule has 4 rings (SSSR count). The maximum Gasteiger partial charge on any atom is 0.387 e. The Bertz CT molecular complexity index is 1020. The summed E-state index contributed by atoms with van der Waals surface area (Å²) in [7, 11) is 1.38. The van der Waals surface area contributed by atoms with E-state index in [1.165, 1.54) is 25.7 Å². The molecule has 2 aliphatic rings. The molecule has 1 heterocycles. The van der Waals surface area contributed by atoms with Crippen LogP contribution in [0.5, 0.6) is 11.5 Å². The van der Waals surface area contributed by atoms with E-state index >= 15 is 0 Å². The van der Waals surface area contributed by atoms with Crippen LogP contribution in [0.4, 0.5) is 8.78 Å². The van der Waals surface area contributed by atoms with Crippen LogP contribution in [0.3, 0.4) is 0 Å². The number of rotatable bonds is 10. The zero-order valence-corrected chi connectivity index (χ0v) is 20.4. The Morgan fingerprint density at radius 1 is 1.11 bits per heavy atom. The number of nitrogens with one attached hydrogen (secondary N) is 1. The van der Waals surface area contributed by atoms with E-state index in [1.54, 1.807) is 6.07 Å². The van der Waals surface area contributed by atoms with Gasteiger partial charge in [-0.1, -0.05) is 48.4 Å². The van der Waals surface area contributed by atoms with Crippen LogP contribution in [0.25, 0.3) is 6.08 Å². The first-order valence-corrected chi connectivity index (χ1v) is 12.4. The van der Waals surface area contributed by atoms with E-state index in [-0.39, 0.29) is 29.5 Å². The number of alkyl halides is 2. The highest BCUT2D eigenvalue weighted by molar-refractivity contribution is 5.95. The lowest BCUT2D eigenvalue weighted by Crippen LogP contribution is -2.56. The summed E-state index contributed by atoms with van der Waals surface area (Å²) >= 11 is 0. The molecular weight excluding hydrogens is 450 g/mol. The minimum atomic E-state index is -2.97. The van der Waals surface area contributed by atoms with E-state index < -0.39 is 6.61 Å². The Kier molecular flexibility index (Phi) is 8.39. The second-order valence-electron chi connectivity index (χ2n) is 9.46. The van der Waals surface area contributed by atoms with Gasteiger partial charge < -0.3 is 19.7 Å². The zero-order chi connectivity index (χ0) is 24.8. The van der Waals surface area contributed by atoms with E-state index in [1.807, 2.05) is 42.2 Å². The standard InChI is InChI=1S/C28H34F2N2O3/c1-19(16-20-8-4-3-5-9-20)18-32(26(21-10-6-11-21)23-12-7-15-31-23)27(33)22-13-14-24(35-28(29)30)25(17-22)34-2/h3-5,8-9,13-14,16-17,21,23,26,28,31H,6-7,10-12,15,18H2,1-2H3. The molecule has 1 amide bonds. The lowest BCUT2D eigenvalue weighted by atomic mass is 9.75. The van der Waals surface area contributed by atoms with Crippen molar-refractivity contribution in [3.63, 3.8) is 0 Å². The van der Waals surface area contributed by atoms with Crippen molar-refractivity contribution >= 4 is 12.0 Å². The Balaban J connectivity index is 1.67. The lowest BCUT2D eigenvalue weighted by Gasteiger charge is -2.44. The van der Waals surface area contributed by atoms with Gasteiger partial charge in [0.25, 0.3) is 5.91 Å². The Morgan fingerprint density at radius 2 is 1.89 bits per heavy atom. The van der Waals surface area contributed by atoms with Crippen molar-refractivity contribution in [1.29, 1.82) is 0 Å². The topological polar surface area (TPSA) is 50.8 Å².